The van der Waals surface area contributed by atoms with Crippen molar-refractivity contribution in [2.75, 3.05) is 24.7 Å². The van der Waals surface area contributed by atoms with Gasteiger partial charge in [0, 0.05) is 24.4 Å². The van der Waals surface area contributed by atoms with E-state index in [2.05, 4.69) is 15.1 Å². The topological polar surface area (TPSA) is 58.5 Å². The largest absolute Gasteiger partial charge is 0.388 e. The van der Waals surface area contributed by atoms with Crippen LogP contribution in [0, 0.1) is 0 Å². The number of anilines is 1. The molecule has 0 radical (unpaired) electrons. The molecular formula is C21H22ClN3O2S. The zero-order valence-electron chi connectivity index (χ0n) is 15.4. The summed E-state index contributed by atoms with van der Waals surface area (Å²) in [5.41, 5.74) is 2.08. The first-order chi connectivity index (χ1) is 13.7. The molecule has 1 fully saturated rings. The van der Waals surface area contributed by atoms with Crippen LogP contribution >= 0.6 is 22.9 Å². The third-order valence-corrected chi connectivity index (χ3v) is 6.09. The van der Waals surface area contributed by atoms with Crippen molar-refractivity contribution in [2.24, 2.45) is 0 Å². The molecule has 5 nitrogen and oxygen atoms in total. The van der Waals surface area contributed by atoms with Gasteiger partial charge in [-0.25, -0.2) is 0 Å². The predicted octanol–water partition coefficient (Wildman–Crippen LogP) is 4.11. The lowest BCUT2D eigenvalue weighted by atomic mass is 10.0. The minimum atomic E-state index is -0.531. The van der Waals surface area contributed by atoms with Crippen LogP contribution in [-0.2, 0) is 11.2 Å². The van der Waals surface area contributed by atoms with E-state index in [1.807, 2.05) is 54.6 Å². The summed E-state index contributed by atoms with van der Waals surface area (Å²) < 4.78 is 5.68. The van der Waals surface area contributed by atoms with Gasteiger partial charge in [-0.1, -0.05) is 65.4 Å². The zero-order valence-corrected chi connectivity index (χ0v) is 16.9. The second-order valence-electron chi connectivity index (χ2n) is 6.87. The summed E-state index contributed by atoms with van der Waals surface area (Å²) >= 11 is 7.56. The molecule has 146 valence electrons. The maximum atomic E-state index is 10.6. The molecule has 2 unspecified atom stereocenters. The average Bonchev–Trinajstić information content (AvgIpc) is 3.19. The molecule has 1 aliphatic rings. The van der Waals surface area contributed by atoms with Crippen LogP contribution in [0.25, 0.3) is 0 Å². The average molecular weight is 416 g/mol. The van der Waals surface area contributed by atoms with Gasteiger partial charge in [0.25, 0.3) is 0 Å². The monoisotopic (exact) mass is 415 g/mol. The van der Waals surface area contributed by atoms with E-state index in [9.17, 15) is 5.11 Å². The first-order valence-corrected chi connectivity index (χ1v) is 10.5. The number of benzene rings is 2. The molecule has 2 atom stereocenters. The van der Waals surface area contributed by atoms with Crippen molar-refractivity contribution in [1.82, 2.24) is 10.2 Å². The summed E-state index contributed by atoms with van der Waals surface area (Å²) in [5.74, 6) is 0. The Labute approximate surface area is 173 Å². The fraction of sp³-hybridized carbons (Fsp3) is 0.333. The Morgan fingerprint density at radius 3 is 2.71 bits per heavy atom. The third-order valence-electron chi connectivity index (χ3n) is 4.88. The van der Waals surface area contributed by atoms with E-state index in [0.717, 1.165) is 39.3 Å². The highest BCUT2D eigenvalue weighted by Gasteiger charge is 2.28. The van der Waals surface area contributed by atoms with Crippen molar-refractivity contribution in [3.05, 3.63) is 75.8 Å². The number of nitrogens with zero attached hydrogens (tertiary/aromatic N) is 3. The smallest absolute Gasteiger partial charge is 0.208 e. The fourth-order valence-corrected chi connectivity index (χ4v) is 4.48. The molecule has 1 N–H and O–H groups in total. The molecule has 1 aromatic heterocycles. The van der Waals surface area contributed by atoms with Crippen molar-refractivity contribution in [3.8, 4) is 0 Å². The van der Waals surface area contributed by atoms with Gasteiger partial charge < -0.3 is 14.7 Å². The van der Waals surface area contributed by atoms with Gasteiger partial charge in [-0.2, -0.15) is 0 Å². The second kappa shape index (κ2) is 9.01. The van der Waals surface area contributed by atoms with Crippen LogP contribution < -0.4 is 4.90 Å². The standard InChI is InChI=1S/C21H22ClN3O2S/c22-17-8-6-15(7-9-17)12-20-23-24-21(28-20)25-10-11-27-14-18(25)13-19(26)16-4-2-1-3-5-16/h1-9,18-19,26H,10-14H2. The lowest BCUT2D eigenvalue weighted by Gasteiger charge is -2.36. The zero-order chi connectivity index (χ0) is 19.3. The summed E-state index contributed by atoms with van der Waals surface area (Å²) in [5, 5.41) is 22.0. The Bertz CT molecular complexity index is 888. The molecule has 0 bridgehead atoms. The van der Waals surface area contributed by atoms with E-state index in [0.29, 0.717) is 19.6 Å². The van der Waals surface area contributed by atoms with Crippen LogP contribution in [0.2, 0.25) is 5.02 Å². The highest BCUT2D eigenvalue weighted by Crippen LogP contribution is 2.29. The molecule has 4 rings (SSSR count). The number of aliphatic hydroxyl groups is 1. The van der Waals surface area contributed by atoms with Crippen molar-refractivity contribution in [2.45, 2.75) is 25.0 Å². The number of aliphatic hydroxyl groups excluding tert-OH is 1. The highest BCUT2D eigenvalue weighted by atomic mass is 35.5. The van der Waals surface area contributed by atoms with Gasteiger partial charge in [-0.15, -0.1) is 10.2 Å². The van der Waals surface area contributed by atoms with Gasteiger partial charge >= 0.3 is 0 Å². The van der Waals surface area contributed by atoms with Crippen molar-refractivity contribution >= 4 is 28.1 Å². The van der Waals surface area contributed by atoms with Crippen LogP contribution in [0.3, 0.4) is 0 Å². The third kappa shape index (κ3) is 4.70. The van der Waals surface area contributed by atoms with Gasteiger partial charge in [-0.05, 0) is 23.3 Å². The van der Waals surface area contributed by atoms with E-state index in [1.165, 1.54) is 0 Å². The Hall–Kier alpha value is -1.99. The van der Waals surface area contributed by atoms with Crippen LogP contribution in [0.4, 0.5) is 5.13 Å². The highest BCUT2D eigenvalue weighted by molar-refractivity contribution is 7.15. The molecule has 7 heteroatoms. The van der Waals surface area contributed by atoms with E-state index in [-0.39, 0.29) is 6.04 Å². The Balaban J connectivity index is 1.45. The van der Waals surface area contributed by atoms with E-state index in [4.69, 9.17) is 16.3 Å². The lowest BCUT2D eigenvalue weighted by molar-refractivity contribution is 0.0679. The summed E-state index contributed by atoms with van der Waals surface area (Å²) in [6, 6.07) is 17.6. The molecule has 0 aliphatic carbocycles. The SMILES string of the molecule is OC(CC1COCCN1c1nnc(Cc2ccc(Cl)cc2)s1)c1ccccc1. The Kier molecular flexibility index (Phi) is 6.22. The van der Waals surface area contributed by atoms with Crippen molar-refractivity contribution in [3.63, 3.8) is 0 Å². The number of halogens is 1. The van der Waals surface area contributed by atoms with Crippen LogP contribution in [0.15, 0.2) is 54.6 Å². The fourth-order valence-electron chi connectivity index (χ4n) is 3.38. The summed E-state index contributed by atoms with van der Waals surface area (Å²) in [6.45, 7) is 1.99. The molecule has 2 heterocycles. The van der Waals surface area contributed by atoms with Crippen LogP contribution in [-0.4, -0.2) is 41.1 Å². The maximum Gasteiger partial charge on any atom is 0.208 e. The van der Waals surface area contributed by atoms with Crippen molar-refractivity contribution < 1.29 is 9.84 Å². The second-order valence-corrected chi connectivity index (χ2v) is 8.34. The van der Waals surface area contributed by atoms with E-state index < -0.39 is 6.10 Å². The number of morpholine rings is 1. The molecule has 1 aliphatic heterocycles. The molecule has 2 aromatic carbocycles. The van der Waals surface area contributed by atoms with Gasteiger partial charge in [0.15, 0.2) is 0 Å². The number of hydrogen-bond acceptors (Lipinski definition) is 6. The number of ether oxygens (including phenoxy) is 1. The lowest BCUT2D eigenvalue weighted by Crippen LogP contribution is -2.46. The number of rotatable bonds is 6. The molecule has 3 aromatic rings. The van der Waals surface area contributed by atoms with Crippen LogP contribution in [0.1, 0.15) is 28.7 Å². The van der Waals surface area contributed by atoms with E-state index >= 15 is 0 Å². The quantitative estimate of drug-likeness (QED) is 0.656. The van der Waals surface area contributed by atoms with E-state index in [1.54, 1.807) is 11.3 Å². The minimum Gasteiger partial charge on any atom is -0.388 e. The minimum absolute atomic E-state index is 0.0697. The Morgan fingerprint density at radius 1 is 1.14 bits per heavy atom. The molecular weight excluding hydrogens is 394 g/mol. The molecule has 1 saturated heterocycles. The first kappa shape index (κ1) is 19.3. The molecule has 0 saturated carbocycles. The van der Waals surface area contributed by atoms with Gasteiger partial charge in [0.2, 0.25) is 5.13 Å². The number of hydrogen-bond donors (Lipinski definition) is 1. The van der Waals surface area contributed by atoms with Gasteiger partial charge in [-0.3, -0.25) is 0 Å². The molecule has 0 amide bonds. The molecule has 28 heavy (non-hydrogen) atoms. The van der Waals surface area contributed by atoms with Gasteiger partial charge in [0.1, 0.15) is 5.01 Å². The van der Waals surface area contributed by atoms with Crippen molar-refractivity contribution in [1.29, 1.82) is 0 Å². The first-order valence-electron chi connectivity index (χ1n) is 9.33. The summed E-state index contributed by atoms with van der Waals surface area (Å²) in [6.07, 6.45) is 0.795. The molecule has 0 spiro atoms. The maximum absolute atomic E-state index is 10.6. The number of aromatic nitrogens is 2. The predicted molar refractivity (Wildman–Crippen MR) is 112 cm³/mol. The Morgan fingerprint density at radius 2 is 1.93 bits per heavy atom. The van der Waals surface area contributed by atoms with Crippen LogP contribution in [0.5, 0.6) is 0 Å². The summed E-state index contributed by atoms with van der Waals surface area (Å²) in [4.78, 5) is 2.22. The van der Waals surface area contributed by atoms with Gasteiger partial charge in [0.05, 0.1) is 25.4 Å². The summed E-state index contributed by atoms with van der Waals surface area (Å²) in [7, 11) is 0. The normalized spacial score (nSPS) is 18.2.